The standard InChI is InChI=1S/C12H15NO5/c1-8(12(15)16)13-11(14)7-18-10-5-3-4-9(6-10)17-2/h3-6,8H,7H2,1-2H3,(H,13,14)(H,15,16)/t8-/m0/s1. The number of carboxylic acid groups (broad SMARTS) is 1. The van der Waals surface area contributed by atoms with Gasteiger partial charge in [-0.3, -0.25) is 9.59 Å². The first-order valence-corrected chi connectivity index (χ1v) is 5.32. The Morgan fingerprint density at radius 3 is 2.67 bits per heavy atom. The first-order chi connectivity index (χ1) is 8.52. The molecule has 1 aromatic rings. The maximum Gasteiger partial charge on any atom is 0.325 e. The van der Waals surface area contributed by atoms with E-state index >= 15 is 0 Å². The molecule has 0 saturated heterocycles. The smallest absolute Gasteiger partial charge is 0.325 e. The quantitative estimate of drug-likeness (QED) is 0.778. The molecule has 1 rings (SSSR count). The van der Waals surface area contributed by atoms with E-state index in [2.05, 4.69) is 5.32 Å². The number of aliphatic carboxylic acids is 1. The van der Waals surface area contributed by atoms with E-state index in [1.807, 2.05) is 0 Å². The lowest BCUT2D eigenvalue weighted by molar-refractivity contribution is -0.141. The zero-order chi connectivity index (χ0) is 13.5. The average molecular weight is 253 g/mol. The van der Waals surface area contributed by atoms with Crippen LogP contribution in [0.1, 0.15) is 6.92 Å². The van der Waals surface area contributed by atoms with Crippen LogP contribution in [0.15, 0.2) is 24.3 Å². The molecule has 0 fully saturated rings. The third-order valence-electron chi connectivity index (χ3n) is 2.16. The molecule has 0 aliphatic carbocycles. The summed E-state index contributed by atoms with van der Waals surface area (Å²) in [6, 6.07) is 5.85. The van der Waals surface area contributed by atoms with Gasteiger partial charge in [0.2, 0.25) is 0 Å². The molecule has 0 radical (unpaired) electrons. The van der Waals surface area contributed by atoms with Crippen LogP contribution in [0.3, 0.4) is 0 Å². The average Bonchev–Trinajstić information content (AvgIpc) is 2.36. The summed E-state index contributed by atoms with van der Waals surface area (Å²) in [5.41, 5.74) is 0. The normalized spacial score (nSPS) is 11.4. The van der Waals surface area contributed by atoms with E-state index in [1.165, 1.54) is 14.0 Å². The molecule has 0 aliphatic heterocycles. The van der Waals surface area contributed by atoms with E-state index in [4.69, 9.17) is 14.6 Å². The van der Waals surface area contributed by atoms with Crippen molar-refractivity contribution in [3.8, 4) is 11.5 Å². The Balaban J connectivity index is 2.44. The summed E-state index contributed by atoms with van der Waals surface area (Å²) in [7, 11) is 1.53. The molecule has 18 heavy (non-hydrogen) atoms. The second kappa shape index (κ2) is 6.48. The zero-order valence-corrected chi connectivity index (χ0v) is 10.2. The fourth-order valence-electron chi connectivity index (χ4n) is 1.18. The number of carboxylic acids is 1. The highest BCUT2D eigenvalue weighted by atomic mass is 16.5. The third-order valence-corrected chi connectivity index (χ3v) is 2.16. The monoisotopic (exact) mass is 253 g/mol. The minimum atomic E-state index is -1.09. The molecule has 2 N–H and O–H groups in total. The van der Waals surface area contributed by atoms with Crippen molar-refractivity contribution in [2.75, 3.05) is 13.7 Å². The number of amides is 1. The molecule has 98 valence electrons. The van der Waals surface area contributed by atoms with E-state index < -0.39 is 17.9 Å². The molecule has 0 aromatic heterocycles. The molecule has 6 heteroatoms. The van der Waals surface area contributed by atoms with Crippen LogP contribution in [-0.2, 0) is 9.59 Å². The molecule has 0 saturated carbocycles. The van der Waals surface area contributed by atoms with Gasteiger partial charge in [-0.1, -0.05) is 6.07 Å². The second-order valence-corrected chi connectivity index (χ2v) is 3.60. The summed E-state index contributed by atoms with van der Waals surface area (Å²) in [6.07, 6.45) is 0. The molecular weight excluding hydrogens is 238 g/mol. The van der Waals surface area contributed by atoms with Crippen molar-refractivity contribution in [3.05, 3.63) is 24.3 Å². The van der Waals surface area contributed by atoms with Crippen molar-refractivity contribution >= 4 is 11.9 Å². The lowest BCUT2D eigenvalue weighted by atomic mass is 10.3. The fraction of sp³-hybridized carbons (Fsp3) is 0.333. The summed E-state index contributed by atoms with van der Waals surface area (Å²) in [6.45, 7) is 1.14. The lowest BCUT2D eigenvalue weighted by Crippen LogP contribution is -2.40. The second-order valence-electron chi connectivity index (χ2n) is 3.60. The molecule has 0 aliphatic rings. The number of methoxy groups -OCH3 is 1. The van der Waals surface area contributed by atoms with Crippen molar-refractivity contribution in [2.24, 2.45) is 0 Å². The van der Waals surface area contributed by atoms with Gasteiger partial charge in [0.25, 0.3) is 5.91 Å². The van der Waals surface area contributed by atoms with Gasteiger partial charge in [-0.15, -0.1) is 0 Å². The van der Waals surface area contributed by atoms with E-state index in [1.54, 1.807) is 24.3 Å². The van der Waals surface area contributed by atoms with Crippen molar-refractivity contribution < 1.29 is 24.2 Å². The van der Waals surface area contributed by atoms with Crippen LogP contribution in [0.4, 0.5) is 0 Å². The van der Waals surface area contributed by atoms with Gasteiger partial charge < -0.3 is 19.9 Å². The van der Waals surface area contributed by atoms with Crippen molar-refractivity contribution in [2.45, 2.75) is 13.0 Å². The predicted molar refractivity (Wildman–Crippen MR) is 63.7 cm³/mol. The Kier molecular flexibility index (Phi) is 4.98. The Bertz CT molecular complexity index is 432. The van der Waals surface area contributed by atoms with Gasteiger partial charge in [-0.25, -0.2) is 0 Å². The fourth-order valence-corrected chi connectivity index (χ4v) is 1.18. The van der Waals surface area contributed by atoms with E-state index in [0.29, 0.717) is 11.5 Å². The molecular formula is C12H15NO5. The van der Waals surface area contributed by atoms with Crippen LogP contribution in [-0.4, -0.2) is 36.7 Å². The number of carbonyl (C=O) groups excluding carboxylic acids is 1. The summed E-state index contributed by atoms with van der Waals surface area (Å²) >= 11 is 0. The molecule has 0 bridgehead atoms. The minimum Gasteiger partial charge on any atom is -0.497 e. The third kappa shape index (κ3) is 4.32. The summed E-state index contributed by atoms with van der Waals surface area (Å²) in [5.74, 6) is -0.489. The lowest BCUT2D eigenvalue weighted by Gasteiger charge is -2.10. The summed E-state index contributed by atoms with van der Waals surface area (Å²) in [4.78, 5) is 21.9. The molecule has 0 heterocycles. The Labute approximate surface area is 105 Å². The van der Waals surface area contributed by atoms with Crippen LogP contribution in [0.25, 0.3) is 0 Å². The maximum absolute atomic E-state index is 11.4. The molecule has 1 atom stereocenters. The molecule has 0 spiro atoms. The number of hydrogen-bond donors (Lipinski definition) is 2. The number of carbonyl (C=O) groups is 2. The molecule has 1 aromatic carbocycles. The predicted octanol–water partition coefficient (Wildman–Crippen LogP) is 0.663. The topological polar surface area (TPSA) is 84.9 Å². The molecule has 1 amide bonds. The van der Waals surface area contributed by atoms with Gasteiger partial charge in [-0.05, 0) is 19.1 Å². The molecule has 6 nitrogen and oxygen atoms in total. The maximum atomic E-state index is 11.4. The van der Waals surface area contributed by atoms with Crippen LogP contribution in [0.2, 0.25) is 0 Å². The van der Waals surface area contributed by atoms with Gasteiger partial charge in [0.1, 0.15) is 17.5 Å². The Morgan fingerprint density at radius 1 is 1.39 bits per heavy atom. The van der Waals surface area contributed by atoms with Crippen LogP contribution in [0, 0.1) is 0 Å². The number of ether oxygens (including phenoxy) is 2. The number of hydrogen-bond acceptors (Lipinski definition) is 4. The first kappa shape index (κ1) is 13.8. The SMILES string of the molecule is COc1cccc(OCC(=O)N[C@@H](C)C(=O)O)c1. The van der Waals surface area contributed by atoms with Gasteiger partial charge in [0.15, 0.2) is 6.61 Å². The minimum absolute atomic E-state index is 0.245. The number of rotatable bonds is 6. The van der Waals surface area contributed by atoms with Crippen LogP contribution < -0.4 is 14.8 Å². The molecule has 0 unspecified atom stereocenters. The highest BCUT2D eigenvalue weighted by molar-refractivity contribution is 5.84. The largest absolute Gasteiger partial charge is 0.497 e. The van der Waals surface area contributed by atoms with Crippen LogP contribution >= 0.6 is 0 Å². The Hall–Kier alpha value is -2.24. The van der Waals surface area contributed by atoms with E-state index in [-0.39, 0.29) is 6.61 Å². The number of benzene rings is 1. The van der Waals surface area contributed by atoms with Crippen molar-refractivity contribution in [3.63, 3.8) is 0 Å². The number of nitrogens with one attached hydrogen (secondary N) is 1. The van der Waals surface area contributed by atoms with E-state index in [0.717, 1.165) is 0 Å². The van der Waals surface area contributed by atoms with Crippen molar-refractivity contribution in [1.82, 2.24) is 5.32 Å². The van der Waals surface area contributed by atoms with Gasteiger partial charge >= 0.3 is 5.97 Å². The van der Waals surface area contributed by atoms with Gasteiger partial charge in [0.05, 0.1) is 7.11 Å². The van der Waals surface area contributed by atoms with Crippen LogP contribution in [0.5, 0.6) is 11.5 Å². The highest BCUT2D eigenvalue weighted by Crippen LogP contribution is 2.18. The van der Waals surface area contributed by atoms with E-state index in [9.17, 15) is 9.59 Å². The van der Waals surface area contributed by atoms with Crippen molar-refractivity contribution in [1.29, 1.82) is 0 Å². The summed E-state index contributed by atoms with van der Waals surface area (Å²) in [5, 5.41) is 10.9. The zero-order valence-electron chi connectivity index (χ0n) is 10.2. The highest BCUT2D eigenvalue weighted by Gasteiger charge is 2.14. The Morgan fingerprint density at radius 2 is 2.06 bits per heavy atom. The summed E-state index contributed by atoms with van der Waals surface area (Å²) < 4.78 is 10.2. The van der Waals surface area contributed by atoms with Gasteiger partial charge in [0, 0.05) is 6.07 Å². The van der Waals surface area contributed by atoms with Gasteiger partial charge in [-0.2, -0.15) is 0 Å². The first-order valence-electron chi connectivity index (χ1n) is 5.32.